The van der Waals surface area contributed by atoms with E-state index in [2.05, 4.69) is 5.32 Å². The number of aromatic carboxylic acids is 1. The molecule has 3 rings (SSSR count). The second kappa shape index (κ2) is 9.45. The third-order valence-corrected chi connectivity index (χ3v) is 5.37. The van der Waals surface area contributed by atoms with Gasteiger partial charge in [0.25, 0.3) is 11.1 Å². The molecule has 0 spiro atoms. The molecule has 2 aromatic rings. The van der Waals surface area contributed by atoms with E-state index >= 15 is 0 Å². The third-order valence-electron chi connectivity index (χ3n) is 4.39. The van der Waals surface area contributed by atoms with Crippen molar-refractivity contribution in [1.29, 1.82) is 0 Å². The summed E-state index contributed by atoms with van der Waals surface area (Å²) >= 11 is 0.838. The molecule has 156 valence electrons. The van der Waals surface area contributed by atoms with Crippen LogP contribution >= 0.6 is 11.8 Å². The predicted molar refractivity (Wildman–Crippen MR) is 111 cm³/mol. The molecule has 1 aliphatic rings. The molecule has 1 aliphatic heterocycles. The molecule has 1 heterocycles. The van der Waals surface area contributed by atoms with Crippen LogP contribution in [0.3, 0.4) is 0 Å². The van der Waals surface area contributed by atoms with Gasteiger partial charge in [-0.2, -0.15) is 0 Å². The Morgan fingerprint density at radius 1 is 1.17 bits per heavy atom. The summed E-state index contributed by atoms with van der Waals surface area (Å²) in [5.41, 5.74) is 1.85. The number of imide groups is 1. The monoisotopic (exact) mass is 428 g/mol. The first-order valence-electron chi connectivity index (χ1n) is 9.23. The van der Waals surface area contributed by atoms with Crippen LogP contribution in [0.1, 0.15) is 28.4 Å². The molecule has 30 heavy (non-hydrogen) atoms. The number of thioether (sulfide) groups is 1. The molecule has 0 radical (unpaired) electrons. The van der Waals surface area contributed by atoms with Crippen LogP contribution < -0.4 is 5.32 Å². The van der Waals surface area contributed by atoms with Crippen molar-refractivity contribution in [2.75, 3.05) is 11.9 Å². The van der Waals surface area contributed by atoms with Crippen molar-refractivity contribution in [2.24, 2.45) is 0 Å². The van der Waals surface area contributed by atoms with Crippen molar-refractivity contribution in [3.8, 4) is 0 Å². The van der Waals surface area contributed by atoms with Crippen molar-refractivity contribution >= 4 is 40.5 Å². The van der Waals surface area contributed by atoms with Gasteiger partial charge < -0.3 is 15.2 Å². The summed E-state index contributed by atoms with van der Waals surface area (Å²) in [6.07, 6.45) is 0.0439. The van der Waals surface area contributed by atoms with Crippen LogP contribution in [-0.4, -0.2) is 45.1 Å². The molecular formula is C21H20N2O6S. The highest BCUT2D eigenvalue weighted by molar-refractivity contribution is 8.15. The number of anilines is 1. The number of carboxylic acid groups (broad SMARTS) is 1. The molecule has 1 saturated heterocycles. The molecule has 1 unspecified atom stereocenters. The first kappa shape index (κ1) is 21.4. The number of rotatable bonds is 8. The van der Waals surface area contributed by atoms with E-state index in [-0.39, 0.29) is 31.1 Å². The molecule has 9 heteroatoms. The number of amides is 2. The Bertz CT molecular complexity index is 993. The molecule has 1 fully saturated rings. The molecule has 8 nitrogen and oxygen atoms in total. The maximum Gasteiger partial charge on any atom is 0.335 e. The topological polar surface area (TPSA) is 113 Å². The number of carboxylic acids is 1. The van der Waals surface area contributed by atoms with Gasteiger partial charge >= 0.3 is 11.9 Å². The fraction of sp³-hybridized carbons (Fsp3) is 0.238. The van der Waals surface area contributed by atoms with Gasteiger partial charge in [-0.3, -0.25) is 19.3 Å². The van der Waals surface area contributed by atoms with Crippen molar-refractivity contribution in [3.63, 3.8) is 0 Å². The highest BCUT2D eigenvalue weighted by atomic mass is 32.2. The van der Waals surface area contributed by atoms with Gasteiger partial charge in [0.05, 0.1) is 25.1 Å². The summed E-state index contributed by atoms with van der Waals surface area (Å²) in [7, 11) is 0. The minimum atomic E-state index is -1.08. The molecule has 2 N–H and O–H groups in total. The summed E-state index contributed by atoms with van der Waals surface area (Å²) in [5, 5.41) is 10.9. The van der Waals surface area contributed by atoms with Crippen LogP contribution in [0.4, 0.5) is 10.5 Å². The van der Waals surface area contributed by atoms with Gasteiger partial charge in [-0.15, -0.1) is 0 Å². The smallest absolute Gasteiger partial charge is 0.335 e. The number of benzene rings is 2. The zero-order valence-electron chi connectivity index (χ0n) is 16.2. The Hall–Kier alpha value is -3.33. The Labute approximate surface area is 177 Å². The number of hydrogen-bond donors (Lipinski definition) is 2. The fourth-order valence-corrected chi connectivity index (χ4v) is 3.89. The lowest BCUT2D eigenvalue weighted by Crippen LogP contribution is -2.34. The van der Waals surface area contributed by atoms with Crippen LogP contribution in [0, 0.1) is 0 Å². The van der Waals surface area contributed by atoms with Crippen molar-refractivity contribution < 1.29 is 29.0 Å². The maximum atomic E-state index is 12.8. The lowest BCUT2D eigenvalue weighted by Gasteiger charge is -2.17. The zero-order chi connectivity index (χ0) is 21.7. The van der Waals surface area contributed by atoms with Gasteiger partial charge in [0, 0.05) is 5.69 Å². The van der Waals surface area contributed by atoms with E-state index in [4.69, 9.17) is 9.84 Å². The van der Waals surface area contributed by atoms with Gasteiger partial charge in [-0.1, -0.05) is 30.3 Å². The minimum Gasteiger partial charge on any atom is -0.478 e. The van der Waals surface area contributed by atoms with Crippen molar-refractivity contribution in [2.45, 2.75) is 25.3 Å². The van der Waals surface area contributed by atoms with Gasteiger partial charge in [-0.25, -0.2) is 4.79 Å². The van der Waals surface area contributed by atoms with Gasteiger partial charge in [0.15, 0.2) is 5.37 Å². The predicted octanol–water partition coefficient (Wildman–Crippen LogP) is 3.12. The summed E-state index contributed by atoms with van der Waals surface area (Å²) in [6.45, 7) is 1.98. The van der Waals surface area contributed by atoms with Crippen molar-refractivity contribution in [3.05, 3.63) is 65.2 Å². The average molecular weight is 428 g/mol. The van der Waals surface area contributed by atoms with Gasteiger partial charge in [-0.05, 0) is 48.0 Å². The number of carbonyl (C=O) groups excluding carboxylic acids is 3. The fourth-order valence-electron chi connectivity index (χ4n) is 2.99. The zero-order valence-corrected chi connectivity index (χ0v) is 17.0. The number of nitrogens with zero attached hydrogens (tertiary/aromatic N) is 1. The summed E-state index contributed by atoms with van der Waals surface area (Å²) in [4.78, 5) is 49.2. The standard InChI is InChI=1S/C21H20N2O6S/c1-2-29-17(24)11-14-7-3-4-9-16(14)22-18-19(25)23(21(28)30-18)12-13-6-5-8-15(10-13)20(26)27/h3-10,18,22H,2,11-12H2,1H3,(H,26,27). The highest BCUT2D eigenvalue weighted by Crippen LogP contribution is 2.31. The first-order valence-corrected chi connectivity index (χ1v) is 10.1. The van der Waals surface area contributed by atoms with E-state index in [1.54, 1.807) is 43.3 Å². The molecule has 1 atom stereocenters. The molecular weight excluding hydrogens is 408 g/mol. The normalized spacial score (nSPS) is 15.9. The Morgan fingerprint density at radius 2 is 1.93 bits per heavy atom. The number of carbonyl (C=O) groups is 4. The van der Waals surface area contributed by atoms with Crippen LogP contribution in [0.5, 0.6) is 0 Å². The maximum absolute atomic E-state index is 12.8. The molecule has 0 bridgehead atoms. The van der Waals surface area contributed by atoms with Crippen LogP contribution in [0.15, 0.2) is 48.5 Å². The molecule has 0 aromatic heterocycles. The number of para-hydroxylation sites is 1. The van der Waals surface area contributed by atoms with E-state index in [1.807, 2.05) is 0 Å². The number of ether oxygens (including phenoxy) is 1. The van der Waals surface area contributed by atoms with E-state index in [9.17, 15) is 19.2 Å². The lowest BCUT2D eigenvalue weighted by atomic mass is 10.1. The number of esters is 1. The Kier molecular flexibility index (Phi) is 6.73. The highest BCUT2D eigenvalue weighted by Gasteiger charge is 2.40. The second-order valence-electron chi connectivity index (χ2n) is 6.48. The molecule has 2 aromatic carbocycles. The largest absolute Gasteiger partial charge is 0.478 e. The van der Waals surface area contributed by atoms with E-state index in [1.165, 1.54) is 12.1 Å². The number of nitrogens with one attached hydrogen (secondary N) is 1. The Morgan fingerprint density at radius 3 is 2.67 bits per heavy atom. The first-order chi connectivity index (χ1) is 14.4. The number of hydrogen-bond acceptors (Lipinski definition) is 7. The van der Waals surface area contributed by atoms with E-state index < -0.39 is 22.5 Å². The Balaban J connectivity index is 1.72. The van der Waals surface area contributed by atoms with Gasteiger partial charge in [0.1, 0.15) is 0 Å². The summed E-state index contributed by atoms with van der Waals surface area (Å²) in [5.74, 6) is -1.90. The van der Waals surface area contributed by atoms with Crippen LogP contribution in [0.2, 0.25) is 0 Å². The molecule has 2 amide bonds. The summed E-state index contributed by atoms with van der Waals surface area (Å²) in [6, 6.07) is 13.1. The van der Waals surface area contributed by atoms with Crippen LogP contribution in [0.25, 0.3) is 0 Å². The summed E-state index contributed by atoms with van der Waals surface area (Å²) < 4.78 is 4.98. The van der Waals surface area contributed by atoms with E-state index in [0.717, 1.165) is 16.7 Å². The minimum absolute atomic E-state index is 0.0194. The molecule has 0 saturated carbocycles. The quantitative estimate of drug-likeness (QED) is 0.617. The van der Waals surface area contributed by atoms with Crippen molar-refractivity contribution in [1.82, 2.24) is 4.90 Å². The third kappa shape index (κ3) is 4.98. The SMILES string of the molecule is CCOC(=O)Cc1ccccc1NC1SC(=O)N(Cc2cccc(C(=O)O)c2)C1=O. The lowest BCUT2D eigenvalue weighted by molar-refractivity contribution is -0.142. The van der Waals surface area contributed by atoms with Crippen LogP contribution in [-0.2, 0) is 27.3 Å². The van der Waals surface area contributed by atoms with E-state index in [0.29, 0.717) is 16.8 Å². The van der Waals surface area contributed by atoms with Gasteiger partial charge in [0.2, 0.25) is 0 Å². The second-order valence-corrected chi connectivity index (χ2v) is 7.53. The average Bonchev–Trinajstić information content (AvgIpc) is 2.97. The molecule has 0 aliphatic carbocycles.